The highest BCUT2D eigenvalue weighted by Crippen LogP contribution is 2.20. The maximum absolute atomic E-state index is 13.5. The summed E-state index contributed by atoms with van der Waals surface area (Å²) in [6.45, 7) is 2.21. The molecule has 3 aromatic rings. The monoisotopic (exact) mass is 529 g/mol. The van der Waals surface area contributed by atoms with Crippen LogP contribution in [0.3, 0.4) is 0 Å². The van der Waals surface area contributed by atoms with Crippen LogP contribution in [-0.2, 0) is 14.6 Å². The largest absolute Gasteiger partial charge is 0.336 e. The van der Waals surface area contributed by atoms with Crippen LogP contribution in [-0.4, -0.2) is 67.5 Å². The molecular formula is C25H24FN3O5S2. The Morgan fingerprint density at radius 2 is 1.61 bits per heavy atom. The molecule has 36 heavy (non-hydrogen) atoms. The van der Waals surface area contributed by atoms with Gasteiger partial charge in [-0.05, 0) is 48.7 Å². The third-order valence-corrected chi connectivity index (χ3v) is 8.58. The number of thiophene rings is 1. The smallest absolute Gasteiger partial charge is 0.262 e. The number of hydrogen-bond acceptors (Lipinski definition) is 6. The summed E-state index contributed by atoms with van der Waals surface area (Å²) >= 11 is 1.13. The molecule has 4 rings (SSSR count). The van der Waals surface area contributed by atoms with Gasteiger partial charge >= 0.3 is 0 Å². The molecule has 188 valence electrons. The Balaban J connectivity index is 1.53. The van der Waals surface area contributed by atoms with E-state index in [4.69, 9.17) is 0 Å². The fraction of sp³-hybridized carbons (Fsp3) is 0.240. The number of nitrogens with one attached hydrogen (secondary N) is 1. The van der Waals surface area contributed by atoms with E-state index in [0.29, 0.717) is 0 Å². The van der Waals surface area contributed by atoms with Gasteiger partial charge in [-0.15, -0.1) is 11.3 Å². The molecule has 2 heterocycles. The lowest BCUT2D eigenvalue weighted by Crippen LogP contribution is -2.57. The van der Waals surface area contributed by atoms with Crippen LogP contribution in [0.15, 0.2) is 70.9 Å². The molecule has 0 bridgehead atoms. The van der Waals surface area contributed by atoms with E-state index >= 15 is 0 Å². The molecule has 0 radical (unpaired) electrons. The maximum atomic E-state index is 13.5. The second kappa shape index (κ2) is 10.6. The quantitative estimate of drug-likeness (QED) is 0.529. The third-order valence-electron chi connectivity index (χ3n) is 5.84. The minimum atomic E-state index is -4.27. The van der Waals surface area contributed by atoms with Gasteiger partial charge in [0.2, 0.25) is 15.2 Å². The van der Waals surface area contributed by atoms with E-state index in [1.54, 1.807) is 23.6 Å². The summed E-state index contributed by atoms with van der Waals surface area (Å²) in [4.78, 5) is 41.9. The third kappa shape index (κ3) is 5.47. The Morgan fingerprint density at radius 3 is 2.22 bits per heavy atom. The number of aryl methyl sites for hydroxylation is 1. The molecular weight excluding hydrogens is 505 g/mol. The Labute approximate surface area is 212 Å². The van der Waals surface area contributed by atoms with Crippen LogP contribution in [0.5, 0.6) is 0 Å². The Bertz CT molecular complexity index is 1370. The zero-order chi connectivity index (χ0) is 25.9. The number of benzene rings is 2. The second-order valence-electron chi connectivity index (χ2n) is 8.32. The van der Waals surface area contributed by atoms with Gasteiger partial charge in [0.25, 0.3) is 17.7 Å². The number of sulfone groups is 1. The van der Waals surface area contributed by atoms with Crippen molar-refractivity contribution in [3.8, 4) is 0 Å². The number of amides is 3. The standard InChI is InChI=1S/C25H24FN3O5S2/c1-17-7-9-20(10-8-17)36(33,34)23(27-22(30)21-6-3-15-35-21)25(32)29-13-11-28(12-14-29)24(31)18-4-2-5-19(26)16-18/h2-10,15-16,23H,11-14H2,1H3,(H,27,30)/t23-/m1/s1. The van der Waals surface area contributed by atoms with Crippen LogP contribution in [0, 0.1) is 12.7 Å². The molecule has 1 aromatic heterocycles. The molecule has 11 heteroatoms. The summed E-state index contributed by atoms with van der Waals surface area (Å²) in [6.07, 6.45) is 0. The second-order valence-corrected chi connectivity index (χ2v) is 11.3. The molecule has 8 nitrogen and oxygen atoms in total. The van der Waals surface area contributed by atoms with Gasteiger partial charge in [0.1, 0.15) is 5.82 Å². The van der Waals surface area contributed by atoms with Crippen molar-refractivity contribution in [2.75, 3.05) is 26.2 Å². The maximum Gasteiger partial charge on any atom is 0.262 e. The van der Waals surface area contributed by atoms with Gasteiger partial charge in [-0.1, -0.05) is 29.8 Å². The molecule has 1 saturated heterocycles. The zero-order valence-corrected chi connectivity index (χ0v) is 21.0. The van der Waals surface area contributed by atoms with Crippen molar-refractivity contribution >= 4 is 38.9 Å². The van der Waals surface area contributed by atoms with Crippen LogP contribution in [0.25, 0.3) is 0 Å². The SMILES string of the molecule is Cc1ccc(S(=O)(=O)[C@@H](NC(=O)c2cccs2)C(=O)N2CCN(C(=O)c3cccc(F)c3)CC2)cc1. The van der Waals surface area contributed by atoms with Crippen LogP contribution >= 0.6 is 11.3 Å². The van der Waals surface area contributed by atoms with Gasteiger partial charge in [-0.3, -0.25) is 14.4 Å². The van der Waals surface area contributed by atoms with E-state index in [0.717, 1.165) is 23.0 Å². The van der Waals surface area contributed by atoms with Crippen molar-refractivity contribution in [1.82, 2.24) is 15.1 Å². The minimum Gasteiger partial charge on any atom is -0.336 e. The van der Waals surface area contributed by atoms with E-state index in [1.807, 2.05) is 6.92 Å². The van der Waals surface area contributed by atoms with Crippen molar-refractivity contribution < 1.29 is 27.2 Å². The molecule has 1 aliphatic heterocycles. The number of carbonyl (C=O) groups excluding carboxylic acids is 3. The van der Waals surface area contributed by atoms with Gasteiger partial charge in [0.15, 0.2) is 0 Å². The van der Waals surface area contributed by atoms with Crippen LogP contribution in [0.1, 0.15) is 25.6 Å². The van der Waals surface area contributed by atoms with E-state index < -0.39 is 32.8 Å². The number of nitrogens with zero attached hydrogens (tertiary/aromatic N) is 2. The number of rotatable bonds is 6. The van der Waals surface area contributed by atoms with E-state index in [1.165, 1.54) is 46.2 Å². The van der Waals surface area contributed by atoms with Gasteiger partial charge < -0.3 is 15.1 Å². The molecule has 1 fully saturated rings. The molecule has 1 N–H and O–H groups in total. The minimum absolute atomic E-state index is 0.0642. The summed E-state index contributed by atoms with van der Waals surface area (Å²) in [5, 5.41) is 2.25. The van der Waals surface area contributed by atoms with E-state index in [9.17, 15) is 27.2 Å². The average molecular weight is 530 g/mol. The van der Waals surface area contributed by atoms with Gasteiger partial charge in [-0.2, -0.15) is 0 Å². The lowest BCUT2D eigenvalue weighted by Gasteiger charge is -2.36. The van der Waals surface area contributed by atoms with Crippen molar-refractivity contribution in [2.24, 2.45) is 0 Å². The molecule has 3 amide bonds. The lowest BCUT2D eigenvalue weighted by atomic mass is 10.1. The van der Waals surface area contributed by atoms with Crippen LogP contribution < -0.4 is 5.32 Å². The number of carbonyl (C=O) groups is 3. The first-order valence-corrected chi connectivity index (χ1v) is 13.6. The highest BCUT2D eigenvalue weighted by atomic mass is 32.2. The number of piperazine rings is 1. The van der Waals surface area contributed by atoms with Gasteiger partial charge in [-0.25, -0.2) is 12.8 Å². The molecule has 0 unspecified atom stereocenters. The molecule has 0 saturated carbocycles. The van der Waals surface area contributed by atoms with Crippen LogP contribution in [0.2, 0.25) is 0 Å². The fourth-order valence-electron chi connectivity index (χ4n) is 3.83. The molecule has 0 aliphatic carbocycles. The predicted molar refractivity (Wildman–Crippen MR) is 133 cm³/mol. The first kappa shape index (κ1) is 25.5. The predicted octanol–water partition coefficient (Wildman–Crippen LogP) is 2.71. The van der Waals surface area contributed by atoms with Crippen molar-refractivity contribution in [3.05, 3.63) is 87.9 Å². The molecule has 0 spiro atoms. The summed E-state index contributed by atoms with van der Waals surface area (Å²) in [6, 6.07) is 14.6. The molecule has 1 atom stereocenters. The summed E-state index contributed by atoms with van der Waals surface area (Å²) in [5.41, 5.74) is 1.04. The Kier molecular flexibility index (Phi) is 7.51. The first-order valence-electron chi connectivity index (χ1n) is 11.2. The summed E-state index contributed by atoms with van der Waals surface area (Å²) in [7, 11) is -4.27. The highest BCUT2D eigenvalue weighted by Gasteiger charge is 2.39. The number of halogens is 1. The zero-order valence-electron chi connectivity index (χ0n) is 19.4. The lowest BCUT2D eigenvalue weighted by molar-refractivity contribution is -0.132. The number of hydrogen-bond donors (Lipinski definition) is 1. The summed E-state index contributed by atoms with van der Waals surface area (Å²) in [5.74, 6) is -2.35. The first-order chi connectivity index (χ1) is 17.2. The Hall–Kier alpha value is -3.57. The molecule has 1 aliphatic rings. The molecule has 2 aromatic carbocycles. The van der Waals surface area contributed by atoms with Gasteiger partial charge in [0.05, 0.1) is 9.77 Å². The summed E-state index contributed by atoms with van der Waals surface area (Å²) < 4.78 is 40.4. The van der Waals surface area contributed by atoms with Crippen molar-refractivity contribution in [2.45, 2.75) is 17.2 Å². The van der Waals surface area contributed by atoms with E-state index in [-0.39, 0.29) is 47.4 Å². The average Bonchev–Trinajstić information content (AvgIpc) is 3.42. The van der Waals surface area contributed by atoms with Crippen molar-refractivity contribution in [1.29, 1.82) is 0 Å². The van der Waals surface area contributed by atoms with Crippen LogP contribution in [0.4, 0.5) is 4.39 Å². The fourth-order valence-corrected chi connectivity index (χ4v) is 5.93. The topological polar surface area (TPSA) is 104 Å². The van der Waals surface area contributed by atoms with Crippen molar-refractivity contribution in [3.63, 3.8) is 0 Å². The van der Waals surface area contributed by atoms with Gasteiger partial charge in [0, 0.05) is 31.7 Å². The Morgan fingerprint density at radius 1 is 0.944 bits per heavy atom. The normalized spacial score (nSPS) is 14.8. The highest BCUT2D eigenvalue weighted by molar-refractivity contribution is 7.92. The van der Waals surface area contributed by atoms with E-state index in [2.05, 4.69) is 5.32 Å².